The molecule has 3 aromatic carbocycles. The number of likely N-dealkylation sites (tertiary alicyclic amines) is 1. The summed E-state index contributed by atoms with van der Waals surface area (Å²) < 4.78 is 5.51. The molecule has 2 amide bonds. The Bertz CT molecular complexity index is 1300. The molecule has 4 aromatic rings. The average Bonchev–Trinajstić information content (AvgIpc) is 3.36. The van der Waals surface area contributed by atoms with E-state index >= 15 is 0 Å². The number of amides is 2. The average molecular weight is 454 g/mol. The monoisotopic (exact) mass is 453 g/mol. The topological polar surface area (TPSA) is 74.4 Å². The van der Waals surface area contributed by atoms with E-state index in [1.807, 2.05) is 66.9 Å². The lowest BCUT2D eigenvalue weighted by molar-refractivity contribution is -0.121. The number of carbonyl (C=O) groups excluding carboxylic acids is 2. The number of H-pyrrole nitrogens is 1. The van der Waals surface area contributed by atoms with Crippen LogP contribution in [0.4, 0.5) is 10.5 Å². The molecule has 1 unspecified atom stereocenters. The van der Waals surface area contributed by atoms with Gasteiger partial charge in [0, 0.05) is 23.9 Å². The van der Waals surface area contributed by atoms with Crippen molar-refractivity contribution in [3.63, 3.8) is 0 Å². The number of ether oxygens (including phenoxy) is 1. The van der Waals surface area contributed by atoms with Crippen molar-refractivity contribution in [1.82, 2.24) is 9.88 Å². The molecule has 1 aliphatic heterocycles. The number of piperidine rings is 1. The number of anilines is 1. The Morgan fingerprint density at radius 2 is 1.79 bits per heavy atom. The Morgan fingerprint density at radius 1 is 0.941 bits per heavy atom. The van der Waals surface area contributed by atoms with Crippen LogP contribution in [-0.2, 0) is 16.1 Å². The number of aromatic nitrogens is 1. The van der Waals surface area contributed by atoms with Crippen LogP contribution < -0.4 is 5.32 Å². The van der Waals surface area contributed by atoms with Gasteiger partial charge >= 0.3 is 6.09 Å². The quantitative estimate of drug-likeness (QED) is 0.391. The van der Waals surface area contributed by atoms with Gasteiger partial charge in [-0.3, -0.25) is 9.69 Å². The maximum atomic E-state index is 13.2. The van der Waals surface area contributed by atoms with E-state index in [0.717, 1.165) is 40.4 Å². The van der Waals surface area contributed by atoms with E-state index in [0.29, 0.717) is 18.7 Å². The molecule has 5 rings (SSSR count). The van der Waals surface area contributed by atoms with Crippen molar-refractivity contribution in [3.8, 4) is 11.1 Å². The van der Waals surface area contributed by atoms with Gasteiger partial charge in [-0.15, -0.1) is 0 Å². The number of rotatable bonds is 5. The van der Waals surface area contributed by atoms with Gasteiger partial charge < -0.3 is 15.0 Å². The third kappa shape index (κ3) is 4.81. The van der Waals surface area contributed by atoms with Gasteiger partial charge in [-0.05, 0) is 71.7 Å². The molecule has 172 valence electrons. The van der Waals surface area contributed by atoms with Crippen molar-refractivity contribution in [2.24, 2.45) is 0 Å². The number of benzene rings is 3. The lowest BCUT2D eigenvalue weighted by Gasteiger charge is -2.33. The number of hydrogen-bond acceptors (Lipinski definition) is 3. The summed E-state index contributed by atoms with van der Waals surface area (Å²) in [5.41, 5.74) is 4.81. The number of nitrogens with zero attached hydrogens (tertiary/aromatic N) is 1. The third-order valence-corrected chi connectivity index (χ3v) is 6.26. The first-order valence-corrected chi connectivity index (χ1v) is 11.6. The molecule has 1 aromatic heterocycles. The second-order valence-electron chi connectivity index (χ2n) is 8.59. The van der Waals surface area contributed by atoms with Gasteiger partial charge in [0.2, 0.25) is 5.91 Å². The fourth-order valence-corrected chi connectivity index (χ4v) is 4.46. The highest BCUT2D eigenvalue weighted by Gasteiger charge is 2.33. The van der Waals surface area contributed by atoms with Crippen LogP contribution in [0.15, 0.2) is 85.1 Å². The van der Waals surface area contributed by atoms with Crippen LogP contribution in [0.25, 0.3) is 22.0 Å². The number of hydrogen-bond donors (Lipinski definition) is 2. The second kappa shape index (κ2) is 9.83. The van der Waals surface area contributed by atoms with Gasteiger partial charge in [-0.2, -0.15) is 0 Å². The van der Waals surface area contributed by atoms with Gasteiger partial charge in [0.15, 0.2) is 0 Å². The zero-order valence-electron chi connectivity index (χ0n) is 18.9. The van der Waals surface area contributed by atoms with Crippen LogP contribution in [0.3, 0.4) is 0 Å². The van der Waals surface area contributed by atoms with E-state index in [-0.39, 0.29) is 12.5 Å². The summed E-state index contributed by atoms with van der Waals surface area (Å²) in [5.74, 6) is -0.186. The second-order valence-corrected chi connectivity index (χ2v) is 8.59. The van der Waals surface area contributed by atoms with Gasteiger partial charge in [0.25, 0.3) is 0 Å². The molecule has 2 N–H and O–H groups in total. The first-order valence-electron chi connectivity index (χ1n) is 11.6. The molecule has 0 spiro atoms. The summed E-state index contributed by atoms with van der Waals surface area (Å²) in [4.78, 5) is 30.7. The Morgan fingerprint density at radius 3 is 2.68 bits per heavy atom. The van der Waals surface area contributed by atoms with E-state index in [1.54, 1.807) is 4.90 Å². The molecule has 1 atom stereocenters. The molecule has 0 aliphatic carbocycles. The highest BCUT2D eigenvalue weighted by Crippen LogP contribution is 2.27. The summed E-state index contributed by atoms with van der Waals surface area (Å²) in [6.07, 6.45) is 3.86. The summed E-state index contributed by atoms with van der Waals surface area (Å²) in [7, 11) is 0. The fraction of sp³-hybridized carbons (Fsp3) is 0.214. The smallest absolute Gasteiger partial charge is 0.410 e. The molecular weight excluding hydrogens is 426 g/mol. The summed E-state index contributed by atoms with van der Waals surface area (Å²) in [6, 6.07) is 25.1. The summed E-state index contributed by atoms with van der Waals surface area (Å²) in [6.45, 7) is 0.709. The first kappa shape index (κ1) is 21.8. The predicted molar refractivity (Wildman–Crippen MR) is 133 cm³/mol. The van der Waals surface area contributed by atoms with Crippen LogP contribution in [-0.4, -0.2) is 34.5 Å². The minimum absolute atomic E-state index is 0.186. The minimum Gasteiger partial charge on any atom is -0.445 e. The molecule has 34 heavy (non-hydrogen) atoms. The Labute approximate surface area is 198 Å². The summed E-state index contributed by atoms with van der Waals surface area (Å²) >= 11 is 0. The number of aromatic amines is 1. The molecular formula is C28H27N3O3. The zero-order valence-corrected chi connectivity index (χ0v) is 18.9. The Hall–Kier alpha value is -4.06. The van der Waals surface area contributed by atoms with Crippen molar-refractivity contribution in [2.75, 3.05) is 11.9 Å². The number of fused-ring (bicyclic) bond motifs is 1. The van der Waals surface area contributed by atoms with Crippen molar-refractivity contribution in [2.45, 2.75) is 31.9 Å². The van der Waals surface area contributed by atoms with Crippen molar-refractivity contribution in [1.29, 1.82) is 0 Å². The van der Waals surface area contributed by atoms with Gasteiger partial charge in [-0.1, -0.05) is 48.5 Å². The van der Waals surface area contributed by atoms with Gasteiger partial charge in [0.05, 0.1) is 0 Å². The SMILES string of the molecule is O=C(Nc1cccc(-c2ccc3[nH]ccc3c2)c1)C1CCCCN1C(=O)OCc1ccccc1. The van der Waals surface area contributed by atoms with E-state index in [1.165, 1.54) is 0 Å². The minimum atomic E-state index is -0.545. The maximum Gasteiger partial charge on any atom is 0.410 e. The third-order valence-electron chi connectivity index (χ3n) is 6.26. The van der Waals surface area contributed by atoms with Crippen LogP contribution >= 0.6 is 0 Å². The van der Waals surface area contributed by atoms with Crippen molar-refractivity contribution >= 4 is 28.6 Å². The molecule has 1 aliphatic rings. The van der Waals surface area contributed by atoms with Crippen LogP contribution in [0.2, 0.25) is 0 Å². The van der Waals surface area contributed by atoms with E-state index in [4.69, 9.17) is 4.74 Å². The fourth-order valence-electron chi connectivity index (χ4n) is 4.46. The van der Waals surface area contributed by atoms with Crippen LogP contribution in [0.5, 0.6) is 0 Å². The molecule has 0 bridgehead atoms. The first-order chi connectivity index (χ1) is 16.7. The predicted octanol–water partition coefficient (Wildman–Crippen LogP) is 5.96. The maximum absolute atomic E-state index is 13.2. The number of nitrogens with one attached hydrogen (secondary N) is 2. The largest absolute Gasteiger partial charge is 0.445 e. The molecule has 0 saturated carbocycles. The van der Waals surface area contributed by atoms with Gasteiger partial charge in [0.1, 0.15) is 12.6 Å². The van der Waals surface area contributed by atoms with Crippen LogP contribution in [0, 0.1) is 0 Å². The van der Waals surface area contributed by atoms with Crippen molar-refractivity contribution < 1.29 is 14.3 Å². The molecule has 6 nitrogen and oxygen atoms in total. The standard InChI is InChI=1S/C28H27N3O3/c32-27(26-11-4-5-16-31(26)28(33)34-19-20-7-2-1-3-8-20)30-24-10-6-9-21(18-24)22-12-13-25-23(17-22)14-15-29-25/h1-3,6-10,12-15,17-18,26,29H,4-5,11,16,19H2,(H,30,32). The highest BCUT2D eigenvalue weighted by atomic mass is 16.6. The zero-order chi connectivity index (χ0) is 23.3. The Kier molecular flexibility index (Phi) is 6.29. The van der Waals surface area contributed by atoms with E-state index in [9.17, 15) is 9.59 Å². The Balaban J connectivity index is 1.27. The highest BCUT2D eigenvalue weighted by molar-refractivity contribution is 5.97. The lowest BCUT2D eigenvalue weighted by Crippen LogP contribution is -2.50. The van der Waals surface area contributed by atoms with Gasteiger partial charge in [-0.25, -0.2) is 4.79 Å². The molecule has 2 heterocycles. The molecule has 1 fully saturated rings. The molecule has 6 heteroatoms. The number of carbonyl (C=O) groups is 2. The van der Waals surface area contributed by atoms with Crippen LogP contribution in [0.1, 0.15) is 24.8 Å². The molecule has 0 radical (unpaired) electrons. The van der Waals surface area contributed by atoms with E-state index in [2.05, 4.69) is 28.5 Å². The summed E-state index contributed by atoms with van der Waals surface area (Å²) in [5, 5.41) is 4.16. The van der Waals surface area contributed by atoms with E-state index < -0.39 is 12.1 Å². The lowest BCUT2D eigenvalue weighted by atomic mass is 10.0. The normalized spacial score (nSPS) is 15.8. The van der Waals surface area contributed by atoms with Crippen molar-refractivity contribution in [3.05, 3.63) is 90.6 Å². The molecule has 1 saturated heterocycles.